The Kier molecular flexibility index (Phi) is 6.21. The fourth-order valence-electron chi connectivity index (χ4n) is 2.88. The molecule has 0 radical (unpaired) electrons. The molecule has 30 heavy (non-hydrogen) atoms. The normalized spacial score (nSPS) is 11.5. The first-order valence-corrected chi connectivity index (χ1v) is 10.8. The largest absolute Gasteiger partial charge is 0.496 e. The Balaban J connectivity index is 1.98. The molecule has 158 valence electrons. The van der Waals surface area contributed by atoms with E-state index >= 15 is 0 Å². The van der Waals surface area contributed by atoms with E-state index in [1.165, 1.54) is 39.4 Å². The molecule has 3 aromatic rings. The standard InChI is InChI=1S/C21H22ClN3O4S/c1-14-7-8-15(30(27,28)24(2)3)11-18(14)23-21(26)16-12-17(22)19(13-20(16)29-4)25-9-5-6-10-25/h5-13H,1-4H3,(H,23,26). The zero-order valence-corrected chi connectivity index (χ0v) is 18.6. The first kappa shape index (κ1) is 21.9. The third-order valence-electron chi connectivity index (χ3n) is 4.63. The summed E-state index contributed by atoms with van der Waals surface area (Å²) in [4.78, 5) is 13.1. The molecule has 1 aromatic heterocycles. The number of methoxy groups -OCH3 is 1. The smallest absolute Gasteiger partial charge is 0.259 e. The summed E-state index contributed by atoms with van der Waals surface area (Å²) < 4.78 is 33.2. The maximum atomic E-state index is 13.0. The number of ether oxygens (including phenoxy) is 1. The van der Waals surface area contributed by atoms with Gasteiger partial charge in [0.1, 0.15) is 5.75 Å². The van der Waals surface area contributed by atoms with Gasteiger partial charge in [0.15, 0.2) is 0 Å². The molecule has 7 nitrogen and oxygen atoms in total. The number of carbonyl (C=O) groups excluding carboxylic acids is 1. The van der Waals surface area contributed by atoms with Crippen LogP contribution in [0.25, 0.3) is 5.69 Å². The summed E-state index contributed by atoms with van der Waals surface area (Å²) in [6.07, 6.45) is 3.67. The quantitative estimate of drug-likeness (QED) is 0.620. The molecule has 2 aromatic carbocycles. The van der Waals surface area contributed by atoms with Crippen molar-refractivity contribution in [3.05, 3.63) is 71.0 Å². The van der Waals surface area contributed by atoms with Crippen LogP contribution in [0.5, 0.6) is 5.75 Å². The predicted molar refractivity (Wildman–Crippen MR) is 117 cm³/mol. The highest BCUT2D eigenvalue weighted by Crippen LogP contribution is 2.31. The van der Waals surface area contributed by atoms with Gasteiger partial charge in [0.05, 0.1) is 28.3 Å². The predicted octanol–water partition coefficient (Wildman–Crippen LogP) is 3.95. The van der Waals surface area contributed by atoms with Gasteiger partial charge in [-0.2, -0.15) is 0 Å². The van der Waals surface area contributed by atoms with Crippen LogP contribution < -0.4 is 10.1 Å². The van der Waals surface area contributed by atoms with Crippen molar-refractivity contribution in [1.29, 1.82) is 0 Å². The summed E-state index contributed by atoms with van der Waals surface area (Å²) in [7, 11) is 0.736. The van der Waals surface area contributed by atoms with Crippen LogP contribution in [-0.4, -0.2) is 44.4 Å². The zero-order valence-electron chi connectivity index (χ0n) is 17.0. The highest BCUT2D eigenvalue weighted by Gasteiger charge is 2.21. The van der Waals surface area contributed by atoms with Gasteiger partial charge in [-0.15, -0.1) is 0 Å². The number of aromatic nitrogens is 1. The highest BCUT2D eigenvalue weighted by molar-refractivity contribution is 7.89. The first-order valence-electron chi connectivity index (χ1n) is 9.00. The average Bonchev–Trinajstić information content (AvgIpc) is 3.23. The van der Waals surface area contributed by atoms with Crippen LogP contribution in [-0.2, 0) is 10.0 Å². The molecule has 0 saturated carbocycles. The van der Waals surface area contributed by atoms with E-state index in [1.807, 2.05) is 29.1 Å². The first-order chi connectivity index (χ1) is 14.1. The molecule has 9 heteroatoms. The van der Waals surface area contributed by atoms with Gasteiger partial charge in [0, 0.05) is 38.2 Å². The molecular weight excluding hydrogens is 426 g/mol. The van der Waals surface area contributed by atoms with E-state index in [1.54, 1.807) is 19.1 Å². The van der Waals surface area contributed by atoms with Crippen molar-refractivity contribution in [2.75, 3.05) is 26.5 Å². The number of sulfonamides is 1. The van der Waals surface area contributed by atoms with Crippen LogP contribution in [0.15, 0.2) is 59.8 Å². The number of benzene rings is 2. The number of halogens is 1. The molecule has 0 spiro atoms. The van der Waals surface area contributed by atoms with Crippen LogP contribution in [0.4, 0.5) is 5.69 Å². The van der Waals surface area contributed by atoms with E-state index < -0.39 is 15.9 Å². The zero-order chi connectivity index (χ0) is 22.1. The maximum Gasteiger partial charge on any atom is 0.259 e. The van der Waals surface area contributed by atoms with E-state index in [0.717, 1.165) is 9.87 Å². The lowest BCUT2D eigenvalue weighted by atomic mass is 10.1. The molecule has 0 atom stereocenters. The third-order valence-corrected chi connectivity index (χ3v) is 6.75. The molecule has 0 unspecified atom stereocenters. The van der Waals surface area contributed by atoms with E-state index in [0.29, 0.717) is 22.1 Å². The number of hydrogen-bond acceptors (Lipinski definition) is 4. The molecule has 1 heterocycles. The summed E-state index contributed by atoms with van der Waals surface area (Å²) in [6, 6.07) is 11.5. The van der Waals surface area contributed by atoms with E-state index in [9.17, 15) is 13.2 Å². The Hall–Kier alpha value is -2.81. The molecule has 0 bridgehead atoms. The van der Waals surface area contributed by atoms with Crippen molar-refractivity contribution in [2.45, 2.75) is 11.8 Å². The van der Waals surface area contributed by atoms with Crippen molar-refractivity contribution in [3.8, 4) is 11.4 Å². The topological polar surface area (TPSA) is 80.6 Å². The third kappa shape index (κ3) is 4.21. The van der Waals surface area contributed by atoms with Crippen LogP contribution in [0.3, 0.4) is 0 Å². The summed E-state index contributed by atoms with van der Waals surface area (Å²) in [6.45, 7) is 1.78. The number of aryl methyl sites for hydroxylation is 1. The van der Waals surface area contributed by atoms with Crippen LogP contribution in [0.1, 0.15) is 15.9 Å². The second-order valence-electron chi connectivity index (χ2n) is 6.81. The van der Waals surface area contributed by atoms with Gasteiger partial charge in [0.25, 0.3) is 5.91 Å². The summed E-state index contributed by atoms with van der Waals surface area (Å²) in [5.41, 5.74) is 2.01. The summed E-state index contributed by atoms with van der Waals surface area (Å²) in [5.74, 6) is -0.120. The minimum absolute atomic E-state index is 0.0846. The van der Waals surface area contributed by atoms with Crippen molar-refractivity contribution < 1.29 is 17.9 Å². The van der Waals surface area contributed by atoms with E-state index in [2.05, 4.69) is 5.32 Å². The molecule has 1 amide bonds. The molecule has 1 N–H and O–H groups in total. The van der Waals surface area contributed by atoms with Gasteiger partial charge in [0.2, 0.25) is 10.0 Å². The highest BCUT2D eigenvalue weighted by atomic mass is 35.5. The van der Waals surface area contributed by atoms with Crippen LogP contribution >= 0.6 is 11.6 Å². The van der Waals surface area contributed by atoms with Crippen LogP contribution in [0, 0.1) is 6.92 Å². The van der Waals surface area contributed by atoms with Gasteiger partial charge in [-0.25, -0.2) is 12.7 Å². The van der Waals surface area contributed by atoms with Crippen molar-refractivity contribution in [2.24, 2.45) is 0 Å². The second kappa shape index (κ2) is 8.51. The summed E-state index contributed by atoms with van der Waals surface area (Å²) >= 11 is 6.41. The lowest BCUT2D eigenvalue weighted by Gasteiger charge is -2.16. The van der Waals surface area contributed by atoms with Gasteiger partial charge in [-0.05, 0) is 42.8 Å². The fraction of sp³-hybridized carbons (Fsp3) is 0.190. The van der Waals surface area contributed by atoms with Gasteiger partial charge in [-0.1, -0.05) is 17.7 Å². The minimum atomic E-state index is -3.63. The monoisotopic (exact) mass is 447 g/mol. The fourth-order valence-corrected chi connectivity index (χ4v) is 4.07. The van der Waals surface area contributed by atoms with E-state index in [-0.39, 0.29) is 10.5 Å². The van der Waals surface area contributed by atoms with Crippen molar-refractivity contribution >= 4 is 33.2 Å². The lowest BCUT2D eigenvalue weighted by molar-refractivity contribution is 0.102. The molecule has 0 fully saturated rings. The Labute approximate surface area is 180 Å². The van der Waals surface area contributed by atoms with Gasteiger partial charge >= 0.3 is 0 Å². The molecule has 0 aliphatic carbocycles. The number of hydrogen-bond donors (Lipinski definition) is 1. The Morgan fingerprint density at radius 1 is 1.13 bits per heavy atom. The average molecular weight is 448 g/mol. The molecule has 0 saturated heterocycles. The van der Waals surface area contributed by atoms with E-state index in [4.69, 9.17) is 16.3 Å². The number of amides is 1. The summed E-state index contributed by atoms with van der Waals surface area (Å²) in [5, 5.41) is 3.14. The number of rotatable bonds is 6. The number of nitrogens with one attached hydrogen (secondary N) is 1. The Morgan fingerprint density at radius 3 is 2.40 bits per heavy atom. The number of nitrogens with zero attached hydrogens (tertiary/aromatic N) is 2. The Morgan fingerprint density at radius 2 is 1.80 bits per heavy atom. The SMILES string of the molecule is COc1cc(-n2cccc2)c(Cl)cc1C(=O)Nc1cc(S(=O)(=O)N(C)C)ccc1C. The lowest BCUT2D eigenvalue weighted by Crippen LogP contribution is -2.22. The maximum absolute atomic E-state index is 13.0. The molecule has 0 aliphatic rings. The van der Waals surface area contributed by atoms with Gasteiger partial charge < -0.3 is 14.6 Å². The number of carbonyl (C=O) groups is 1. The van der Waals surface area contributed by atoms with Crippen molar-refractivity contribution in [3.63, 3.8) is 0 Å². The molecule has 3 rings (SSSR count). The second-order valence-corrected chi connectivity index (χ2v) is 9.37. The van der Waals surface area contributed by atoms with Crippen molar-refractivity contribution in [1.82, 2.24) is 8.87 Å². The molecule has 0 aliphatic heterocycles. The minimum Gasteiger partial charge on any atom is -0.496 e. The van der Waals surface area contributed by atoms with Gasteiger partial charge in [-0.3, -0.25) is 4.79 Å². The Bertz CT molecular complexity index is 1190. The number of anilines is 1. The molecular formula is C21H22ClN3O4S. The van der Waals surface area contributed by atoms with Crippen LogP contribution in [0.2, 0.25) is 5.02 Å².